The predicted molar refractivity (Wildman–Crippen MR) is 147 cm³/mol. The molecule has 192 valence electrons. The van der Waals surface area contributed by atoms with Crippen LogP contribution < -0.4 is 22.9 Å². The third-order valence-corrected chi connectivity index (χ3v) is 5.04. The van der Waals surface area contributed by atoms with Crippen LogP contribution in [0.1, 0.15) is 11.1 Å². The molecule has 2 aromatic carbocycles. The first-order valence-electron chi connectivity index (χ1n) is 9.66. The molecule has 0 aliphatic carbocycles. The Bertz CT molecular complexity index is 999. The maximum absolute atomic E-state index is 8.74. The standard InChI is InChI=1S/2C10H14N4S.H2O4S/c2*1-8-2-4-9(5-3-8)15-7-6-13-14-10(11)12;1-5(2,3)4/h2*2-6H,7H2,1H3,(H4,11,12,14);(H2,1,2,3,4)/b2*13-6+;. The van der Waals surface area contributed by atoms with Crippen molar-refractivity contribution in [1.82, 2.24) is 0 Å². The lowest BCUT2D eigenvalue weighted by Gasteiger charge is -1.97. The van der Waals surface area contributed by atoms with Crippen LogP contribution in [0.4, 0.5) is 0 Å². The maximum Gasteiger partial charge on any atom is 0.394 e. The Morgan fingerprint density at radius 1 is 0.743 bits per heavy atom. The quantitative estimate of drug-likeness (QED) is 0.0934. The van der Waals surface area contributed by atoms with E-state index in [1.807, 2.05) is 0 Å². The molecule has 0 aromatic heterocycles. The van der Waals surface area contributed by atoms with E-state index >= 15 is 0 Å². The van der Waals surface area contributed by atoms with Gasteiger partial charge in [-0.25, -0.2) is 0 Å². The van der Waals surface area contributed by atoms with Crippen molar-refractivity contribution in [2.24, 2.45) is 43.3 Å². The molecule has 0 saturated carbocycles. The summed E-state index contributed by atoms with van der Waals surface area (Å²) in [5, 5.41) is 14.4. The van der Waals surface area contributed by atoms with E-state index in [2.05, 4.69) is 82.8 Å². The van der Waals surface area contributed by atoms with Gasteiger partial charge in [0.2, 0.25) is 11.9 Å². The average Bonchev–Trinajstić information content (AvgIpc) is 2.75. The van der Waals surface area contributed by atoms with E-state index in [0.29, 0.717) is 0 Å². The average molecular weight is 543 g/mol. The van der Waals surface area contributed by atoms with Gasteiger partial charge in [-0.2, -0.15) is 18.6 Å². The molecule has 0 fully saturated rings. The molecule has 2 aromatic rings. The summed E-state index contributed by atoms with van der Waals surface area (Å²) in [7, 11) is -4.67. The number of hydrogen-bond acceptors (Lipinski definition) is 8. The number of nitrogens with two attached hydrogens (primary N) is 4. The lowest BCUT2D eigenvalue weighted by Crippen LogP contribution is -2.21. The molecule has 0 atom stereocenters. The van der Waals surface area contributed by atoms with Gasteiger partial charge in [0.05, 0.1) is 0 Å². The highest BCUT2D eigenvalue weighted by Crippen LogP contribution is 2.17. The monoisotopic (exact) mass is 542 g/mol. The van der Waals surface area contributed by atoms with Crippen LogP contribution in [-0.2, 0) is 10.4 Å². The number of thioether (sulfide) groups is 2. The van der Waals surface area contributed by atoms with Gasteiger partial charge < -0.3 is 22.9 Å². The number of rotatable bonds is 8. The van der Waals surface area contributed by atoms with Crippen molar-refractivity contribution in [2.45, 2.75) is 23.6 Å². The van der Waals surface area contributed by atoms with E-state index in [4.69, 9.17) is 40.5 Å². The first-order valence-corrected chi connectivity index (χ1v) is 13.0. The van der Waals surface area contributed by atoms with E-state index in [-0.39, 0.29) is 11.9 Å². The van der Waals surface area contributed by atoms with Crippen LogP contribution in [0.15, 0.2) is 78.7 Å². The number of guanidine groups is 2. The highest BCUT2D eigenvalue weighted by Gasteiger charge is 1.92. The van der Waals surface area contributed by atoms with Crippen molar-refractivity contribution in [3.63, 3.8) is 0 Å². The molecule has 12 nitrogen and oxygen atoms in total. The van der Waals surface area contributed by atoms with Crippen LogP contribution in [0.3, 0.4) is 0 Å². The van der Waals surface area contributed by atoms with E-state index in [1.54, 1.807) is 36.0 Å². The second-order valence-corrected chi connectivity index (χ2v) is 9.42. The summed E-state index contributed by atoms with van der Waals surface area (Å²) in [6.07, 6.45) is 3.34. The Labute approximate surface area is 213 Å². The molecular weight excluding hydrogens is 512 g/mol. The summed E-state index contributed by atoms with van der Waals surface area (Å²) in [4.78, 5) is 2.41. The van der Waals surface area contributed by atoms with Gasteiger partial charge in [0.15, 0.2) is 0 Å². The Balaban J connectivity index is 0.000000555. The fourth-order valence-electron chi connectivity index (χ4n) is 1.82. The van der Waals surface area contributed by atoms with Crippen molar-refractivity contribution in [2.75, 3.05) is 11.5 Å². The fourth-order valence-corrected chi connectivity index (χ4v) is 3.14. The largest absolute Gasteiger partial charge is 0.394 e. The molecule has 0 saturated heterocycles. The van der Waals surface area contributed by atoms with Crippen LogP contribution in [-0.4, -0.2) is 53.4 Å². The van der Waals surface area contributed by atoms with Crippen LogP contribution in [0.5, 0.6) is 0 Å². The number of nitrogens with zero attached hydrogens (tertiary/aromatic N) is 4. The summed E-state index contributed by atoms with van der Waals surface area (Å²) >= 11 is 3.36. The molecular formula is C20H30N8O4S3. The van der Waals surface area contributed by atoms with E-state index in [1.165, 1.54) is 20.9 Å². The van der Waals surface area contributed by atoms with Crippen LogP contribution in [0.2, 0.25) is 0 Å². The molecule has 2 rings (SSSR count). The van der Waals surface area contributed by atoms with Crippen molar-refractivity contribution in [3.8, 4) is 0 Å². The molecule has 0 amide bonds. The Morgan fingerprint density at radius 2 is 1.03 bits per heavy atom. The second-order valence-electron chi connectivity index (χ2n) is 6.34. The molecule has 15 heteroatoms. The smallest absolute Gasteiger partial charge is 0.369 e. The SMILES string of the molecule is Cc1ccc(SC/C=N/N=C(N)N)cc1.Cc1ccc(SC/C=N/N=C(N)N)cc1.O=S(=O)(O)O. The van der Waals surface area contributed by atoms with Gasteiger partial charge in [0.25, 0.3) is 0 Å². The van der Waals surface area contributed by atoms with Crippen LogP contribution in [0.25, 0.3) is 0 Å². The minimum absolute atomic E-state index is 0.0217. The first-order chi connectivity index (χ1) is 16.4. The molecule has 35 heavy (non-hydrogen) atoms. The van der Waals surface area contributed by atoms with Crippen LogP contribution in [0, 0.1) is 13.8 Å². The van der Waals surface area contributed by atoms with Gasteiger partial charge in [-0.3, -0.25) is 9.11 Å². The summed E-state index contributed by atoms with van der Waals surface area (Å²) in [6.45, 7) is 4.13. The van der Waals surface area contributed by atoms with Crippen molar-refractivity contribution in [1.29, 1.82) is 0 Å². The van der Waals surface area contributed by atoms with Crippen molar-refractivity contribution < 1.29 is 17.5 Å². The summed E-state index contributed by atoms with van der Waals surface area (Å²) in [5.41, 5.74) is 23.0. The molecule has 10 N–H and O–H groups in total. The first kappa shape index (κ1) is 31.9. The zero-order valence-electron chi connectivity index (χ0n) is 19.2. The van der Waals surface area contributed by atoms with Crippen LogP contribution >= 0.6 is 23.5 Å². The minimum atomic E-state index is -4.67. The Hall–Kier alpha value is -3.11. The summed E-state index contributed by atoms with van der Waals surface area (Å²) < 4.78 is 31.6. The number of aryl methyl sites for hydroxylation is 2. The fraction of sp³-hybridized carbons (Fsp3) is 0.200. The topological polar surface area (TPSA) is 228 Å². The lowest BCUT2D eigenvalue weighted by molar-refractivity contribution is 0.381. The lowest BCUT2D eigenvalue weighted by atomic mass is 10.2. The number of hydrogen-bond donors (Lipinski definition) is 6. The van der Waals surface area contributed by atoms with Gasteiger partial charge in [-0.1, -0.05) is 35.4 Å². The third kappa shape index (κ3) is 23.8. The van der Waals surface area contributed by atoms with Gasteiger partial charge in [0.1, 0.15) is 0 Å². The van der Waals surface area contributed by atoms with Gasteiger partial charge in [-0.15, -0.1) is 33.7 Å². The zero-order valence-corrected chi connectivity index (χ0v) is 21.7. The van der Waals surface area contributed by atoms with Gasteiger partial charge in [-0.05, 0) is 38.1 Å². The zero-order chi connectivity index (χ0) is 26.7. The molecule has 0 radical (unpaired) electrons. The van der Waals surface area contributed by atoms with E-state index in [0.717, 1.165) is 11.5 Å². The van der Waals surface area contributed by atoms with Crippen molar-refractivity contribution >= 4 is 58.3 Å². The molecule has 0 aliphatic heterocycles. The maximum atomic E-state index is 8.74. The predicted octanol–water partition coefficient (Wildman–Crippen LogP) is 2.04. The Kier molecular flexibility index (Phi) is 16.6. The molecule has 0 aliphatic rings. The number of benzene rings is 2. The van der Waals surface area contributed by atoms with Gasteiger partial charge in [0, 0.05) is 33.7 Å². The Morgan fingerprint density at radius 3 is 1.29 bits per heavy atom. The molecule has 0 bridgehead atoms. The molecule has 0 spiro atoms. The second kappa shape index (κ2) is 18.2. The third-order valence-electron chi connectivity index (χ3n) is 3.20. The van der Waals surface area contributed by atoms with Gasteiger partial charge >= 0.3 is 10.4 Å². The normalized spacial score (nSPS) is 10.6. The van der Waals surface area contributed by atoms with E-state index < -0.39 is 10.4 Å². The molecule has 0 unspecified atom stereocenters. The molecule has 0 heterocycles. The summed E-state index contributed by atoms with van der Waals surface area (Å²) in [5.74, 6) is 1.46. The van der Waals surface area contributed by atoms with Crippen molar-refractivity contribution in [3.05, 3.63) is 59.7 Å². The van der Waals surface area contributed by atoms with E-state index in [9.17, 15) is 0 Å². The highest BCUT2D eigenvalue weighted by atomic mass is 32.3. The summed E-state index contributed by atoms with van der Waals surface area (Å²) in [6, 6.07) is 16.6. The minimum Gasteiger partial charge on any atom is -0.369 e. The highest BCUT2D eigenvalue weighted by molar-refractivity contribution is 8.00.